The summed E-state index contributed by atoms with van der Waals surface area (Å²) in [4.78, 5) is 20.8. The maximum Gasteiger partial charge on any atom is 0.272 e. The fourth-order valence-electron chi connectivity index (χ4n) is 2.40. The third-order valence-electron chi connectivity index (χ3n) is 3.54. The molecular formula is C16H21N3O2. The molecule has 2 heterocycles. The standard InChI is InChI=1S/C16H21N3O2/c1-13-12-18(2)8-9-19(13)16(21)15-7-6-14(11-17-15)5-3-4-10-20/h6-7,11,13,20H,4,8-10,12H2,1-2H3. The number of aliphatic hydroxyl groups is 1. The van der Waals surface area contributed by atoms with Gasteiger partial charge < -0.3 is 14.9 Å². The maximum atomic E-state index is 12.5. The van der Waals surface area contributed by atoms with Crippen LogP contribution in [-0.4, -0.2) is 65.1 Å². The molecule has 5 heteroatoms. The number of aromatic nitrogens is 1. The van der Waals surface area contributed by atoms with Crippen LogP contribution in [0.5, 0.6) is 0 Å². The third kappa shape index (κ3) is 4.03. The van der Waals surface area contributed by atoms with Gasteiger partial charge in [0.1, 0.15) is 5.69 Å². The summed E-state index contributed by atoms with van der Waals surface area (Å²) in [5.74, 6) is 5.71. The number of hydrogen-bond donors (Lipinski definition) is 1. The zero-order valence-corrected chi connectivity index (χ0v) is 12.5. The number of amides is 1. The zero-order chi connectivity index (χ0) is 15.2. The second-order valence-electron chi connectivity index (χ2n) is 5.32. The van der Waals surface area contributed by atoms with Gasteiger partial charge in [-0.15, -0.1) is 0 Å². The zero-order valence-electron chi connectivity index (χ0n) is 12.5. The molecule has 0 aliphatic carbocycles. The molecule has 0 saturated carbocycles. The van der Waals surface area contributed by atoms with E-state index in [-0.39, 0.29) is 18.6 Å². The average Bonchev–Trinajstić information content (AvgIpc) is 2.48. The van der Waals surface area contributed by atoms with Gasteiger partial charge in [0.25, 0.3) is 5.91 Å². The van der Waals surface area contributed by atoms with Crippen LogP contribution in [0.2, 0.25) is 0 Å². The Morgan fingerprint density at radius 2 is 2.29 bits per heavy atom. The van der Waals surface area contributed by atoms with Crippen molar-refractivity contribution in [2.45, 2.75) is 19.4 Å². The Hall–Kier alpha value is -1.90. The lowest BCUT2D eigenvalue weighted by atomic mass is 10.1. The lowest BCUT2D eigenvalue weighted by Gasteiger charge is -2.38. The molecule has 1 aliphatic rings. The Kier molecular flexibility index (Phi) is 5.32. The molecule has 21 heavy (non-hydrogen) atoms. The fraction of sp³-hybridized carbons (Fsp3) is 0.500. The van der Waals surface area contributed by atoms with E-state index in [9.17, 15) is 4.79 Å². The minimum absolute atomic E-state index is 0.0227. The minimum atomic E-state index is -0.0227. The van der Waals surface area contributed by atoms with E-state index in [1.807, 2.05) is 4.90 Å². The van der Waals surface area contributed by atoms with E-state index in [1.165, 1.54) is 0 Å². The Morgan fingerprint density at radius 3 is 2.90 bits per heavy atom. The van der Waals surface area contributed by atoms with Crippen molar-refractivity contribution in [2.24, 2.45) is 0 Å². The summed E-state index contributed by atoms with van der Waals surface area (Å²) >= 11 is 0. The number of aliphatic hydroxyl groups excluding tert-OH is 1. The molecule has 1 N–H and O–H groups in total. The first kappa shape index (κ1) is 15.5. The number of carbonyl (C=O) groups excluding carboxylic acids is 1. The van der Waals surface area contributed by atoms with E-state index in [0.29, 0.717) is 12.1 Å². The van der Waals surface area contributed by atoms with Gasteiger partial charge in [0, 0.05) is 43.9 Å². The van der Waals surface area contributed by atoms with E-state index >= 15 is 0 Å². The highest BCUT2D eigenvalue weighted by Crippen LogP contribution is 2.12. The van der Waals surface area contributed by atoms with E-state index in [4.69, 9.17) is 5.11 Å². The smallest absolute Gasteiger partial charge is 0.272 e. The molecule has 1 amide bonds. The van der Waals surface area contributed by atoms with Crippen LogP contribution in [0.15, 0.2) is 18.3 Å². The molecule has 1 aliphatic heterocycles. The summed E-state index contributed by atoms with van der Waals surface area (Å²) in [5.41, 5.74) is 1.21. The lowest BCUT2D eigenvalue weighted by Crippen LogP contribution is -2.52. The molecule has 2 rings (SSSR count). The molecule has 1 unspecified atom stereocenters. The Bertz CT molecular complexity index is 545. The molecule has 0 spiro atoms. The molecular weight excluding hydrogens is 266 g/mol. The van der Waals surface area contributed by atoms with Gasteiger partial charge in [-0.2, -0.15) is 0 Å². The molecule has 0 bridgehead atoms. The number of hydrogen-bond acceptors (Lipinski definition) is 4. The van der Waals surface area contributed by atoms with Crippen LogP contribution < -0.4 is 0 Å². The highest BCUT2D eigenvalue weighted by atomic mass is 16.2. The van der Waals surface area contributed by atoms with Gasteiger partial charge in [0.2, 0.25) is 0 Å². The number of piperazine rings is 1. The van der Waals surface area contributed by atoms with E-state index in [2.05, 4.69) is 35.7 Å². The van der Waals surface area contributed by atoms with Crippen LogP contribution in [0, 0.1) is 11.8 Å². The van der Waals surface area contributed by atoms with Gasteiger partial charge in [0.15, 0.2) is 0 Å². The number of carbonyl (C=O) groups is 1. The monoisotopic (exact) mass is 287 g/mol. The van der Waals surface area contributed by atoms with Crippen molar-refractivity contribution in [1.29, 1.82) is 0 Å². The van der Waals surface area contributed by atoms with E-state index < -0.39 is 0 Å². The molecule has 1 saturated heterocycles. The van der Waals surface area contributed by atoms with Crippen molar-refractivity contribution in [3.63, 3.8) is 0 Å². The van der Waals surface area contributed by atoms with Crippen molar-refractivity contribution >= 4 is 5.91 Å². The molecule has 112 valence electrons. The highest BCUT2D eigenvalue weighted by molar-refractivity contribution is 5.92. The van der Waals surface area contributed by atoms with Gasteiger partial charge in [-0.25, -0.2) is 4.98 Å². The largest absolute Gasteiger partial charge is 0.395 e. The normalized spacial score (nSPS) is 19.0. The highest BCUT2D eigenvalue weighted by Gasteiger charge is 2.26. The number of nitrogens with zero attached hydrogens (tertiary/aromatic N) is 3. The SMILES string of the molecule is CC1CN(C)CCN1C(=O)c1ccc(C#CCCO)cn1. The summed E-state index contributed by atoms with van der Waals surface area (Å²) in [6.07, 6.45) is 2.05. The summed E-state index contributed by atoms with van der Waals surface area (Å²) in [5, 5.41) is 8.68. The number of pyridine rings is 1. The van der Waals surface area contributed by atoms with Crippen LogP contribution in [-0.2, 0) is 0 Å². The van der Waals surface area contributed by atoms with Gasteiger partial charge in [-0.05, 0) is 26.1 Å². The first-order valence-electron chi connectivity index (χ1n) is 7.17. The lowest BCUT2D eigenvalue weighted by molar-refractivity contribution is 0.0528. The third-order valence-corrected chi connectivity index (χ3v) is 3.54. The van der Waals surface area contributed by atoms with Gasteiger partial charge >= 0.3 is 0 Å². The molecule has 1 aromatic heterocycles. The second-order valence-corrected chi connectivity index (χ2v) is 5.32. The van der Waals surface area contributed by atoms with E-state index in [1.54, 1.807) is 18.3 Å². The van der Waals surface area contributed by atoms with Crippen LogP contribution in [0.3, 0.4) is 0 Å². The van der Waals surface area contributed by atoms with Crippen molar-refractivity contribution in [2.75, 3.05) is 33.3 Å². The van der Waals surface area contributed by atoms with Crippen molar-refractivity contribution in [3.8, 4) is 11.8 Å². The van der Waals surface area contributed by atoms with Crippen LogP contribution in [0.25, 0.3) is 0 Å². The Morgan fingerprint density at radius 1 is 1.48 bits per heavy atom. The predicted octanol–water partition coefficient (Wildman–Crippen LogP) is 0.592. The Balaban J connectivity index is 2.05. The second kappa shape index (κ2) is 7.21. The number of rotatable bonds is 2. The molecule has 5 nitrogen and oxygen atoms in total. The summed E-state index contributed by atoms with van der Waals surface area (Å²) in [6.45, 7) is 4.62. The molecule has 0 aromatic carbocycles. The van der Waals surface area contributed by atoms with Crippen LogP contribution in [0.1, 0.15) is 29.4 Å². The van der Waals surface area contributed by atoms with Crippen LogP contribution >= 0.6 is 0 Å². The average molecular weight is 287 g/mol. The topological polar surface area (TPSA) is 56.7 Å². The van der Waals surface area contributed by atoms with Crippen molar-refractivity contribution in [3.05, 3.63) is 29.6 Å². The first-order valence-corrected chi connectivity index (χ1v) is 7.17. The van der Waals surface area contributed by atoms with Gasteiger partial charge in [-0.3, -0.25) is 4.79 Å². The Labute approximate surface area is 125 Å². The first-order chi connectivity index (χ1) is 10.1. The quantitative estimate of drug-likeness (QED) is 0.809. The molecule has 1 atom stereocenters. The number of likely N-dealkylation sites (N-methyl/N-ethyl adjacent to an activating group) is 1. The summed E-state index contributed by atoms with van der Waals surface area (Å²) in [7, 11) is 2.07. The predicted molar refractivity (Wildman–Crippen MR) is 80.8 cm³/mol. The van der Waals surface area contributed by atoms with Crippen molar-refractivity contribution in [1.82, 2.24) is 14.8 Å². The summed E-state index contributed by atoms with van der Waals surface area (Å²) < 4.78 is 0. The van der Waals surface area contributed by atoms with Gasteiger partial charge in [0.05, 0.1) is 6.61 Å². The molecule has 1 fully saturated rings. The van der Waals surface area contributed by atoms with Gasteiger partial charge in [-0.1, -0.05) is 11.8 Å². The van der Waals surface area contributed by atoms with E-state index in [0.717, 1.165) is 25.2 Å². The summed E-state index contributed by atoms with van der Waals surface area (Å²) in [6, 6.07) is 3.71. The van der Waals surface area contributed by atoms with Crippen molar-refractivity contribution < 1.29 is 9.90 Å². The molecule has 1 aromatic rings. The fourth-order valence-corrected chi connectivity index (χ4v) is 2.40. The minimum Gasteiger partial charge on any atom is -0.395 e. The van der Waals surface area contributed by atoms with Crippen LogP contribution in [0.4, 0.5) is 0 Å². The molecule has 0 radical (unpaired) electrons. The maximum absolute atomic E-state index is 12.5.